The maximum Gasteiger partial charge on any atom is 0.224 e. The highest BCUT2D eigenvalue weighted by atomic mass is 16.5. The Balaban J connectivity index is 1.89. The van der Waals surface area contributed by atoms with Crippen molar-refractivity contribution >= 4 is 11.7 Å². The van der Waals surface area contributed by atoms with Gasteiger partial charge in [0.25, 0.3) is 0 Å². The summed E-state index contributed by atoms with van der Waals surface area (Å²) in [5.74, 6) is 0.790. The van der Waals surface area contributed by atoms with E-state index < -0.39 is 0 Å². The second-order valence-electron chi connectivity index (χ2n) is 5.50. The molecular formula is C16H22N4O2. The van der Waals surface area contributed by atoms with Crippen LogP contribution in [-0.2, 0) is 9.53 Å². The lowest BCUT2D eigenvalue weighted by Gasteiger charge is -2.32. The van der Waals surface area contributed by atoms with E-state index in [-0.39, 0.29) is 11.9 Å². The standard InChI is InChI=1S/C16H22N4O2/c1-12-3-4-13(11-17)16(18-12)19-14-5-8-20(9-6-14)15(21)7-10-22-2/h3-4,14H,5-10H2,1-2H3,(H,18,19). The molecule has 0 bridgehead atoms. The van der Waals surface area contributed by atoms with Gasteiger partial charge in [-0.15, -0.1) is 0 Å². The average molecular weight is 302 g/mol. The fourth-order valence-corrected chi connectivity index (χ4v) is 2.57. The smallest absolute Gasteiger partial charge is 0.224 e. The quantitative estimate of drug-likeness (QED) is 0.895. The van der Waals surface area contributed by atoms with E-state index >= 15 is 0 Å². The summed E-state index contributed by atoms with van der Waals surface area (Å²) in [7, 11) is 1.60. The Bertz CT molecular complexity index is 560. The predicted octanol–water partition coefficient (Wildman–Crippen LogP) is 1.70. The zero-order valence-electron chi connectivity index (χ0n) is 13.1. The van der Waals surface area contributed by atoms with E-state index in [1.807, 2.05) is 17.9 Å². The number of nitrogens with zero attached hydrogens (tertiary/aromatic N) is 3. The number of methoxy groups -OCH3 is 1. The van der Waals surface area contributed by atoms with Crippen molar-refractivity contribution in [2.45, 2.75) is 32.2 Å². The van der Waals surface area contributed by atoms with Crippen LogP contribution in [0.15, 0.2) is 12.1 Å². The van der Waals surface area contributed by atoms with Gasteiger partial charge >= 0.3 is 0 Å². The summed E-state index contributed by atoms with van der Waals surface area (Å²) < 4.78 is 4.94. The number of carbonyl (C=O) groups is 1. The Morgan fingerprint density at radius 1 is 1.50 bits per heavy atom. The van der Waals surface area contributed by atoms with E-state index in [0.717, 1.165) is 31.6 Å². The van der Waals surface area contributed by atoms with Crippen LogP contribution in [0.4, 0.5) is 5.82 Å². The van der Waals surface area contributed by atoms with Crippen LogP contribution in [0.5, 0.6) is 0 Å². The third-order valence-electron chi connectivity index (χ3n) is 3.86. The minimum absolute atomic E-state index is 0.145. The number of piperidine rings is 1. The molecule has 0 aliphatic carbocycles. The zero-order chi connectivity index (χ0) is 15.9. The maximum atomic E-state index is 11.9. The van der Waals surface area contributed by atoms with Gasteiger partial charge in [-0.2, -0.15) is 5.26 Å². The van der Waals surface area contributed by atoms with Crippen LogP contribution in [-0.4, -0.2) is 48.6 Å². The van der Waals surface area contributed by atoms with Crippen LogP contribution in [0, 0.1) is 18.3 Å². The van der Waals surface area contributed by atoms with Gasteiger partial charge in [-0.3, -0.25) is 4.79 Å². The normalized spacial score (nSPS) is 15.4. The first-order chi connectivity index (χ1) is 10.6. The summed E-state index contributed by atoms with van der Waals surface area (Å²) in [5, 5.41) is 12.5. The molecule has 0 unspecified atom stereocenters. The molecule has 6 nitrogen and oxygen atoms in total. The van der Waals surface area contributed by atoms with Gasteiger partial charge in [0.05, 0.1) is 18.6 Å². The maximum absolute atomic E-state index is 11.9. The van der Waals surface area contributed by atoms with Crippen LogP contribution in [0.3, 0.4) is 0 Å². The molecule has 1 fully saturated rings. The van der Waals surface area contributed by atoms with Gasteiger partial charge in [0, 0.05) is 31.9 Å². The van der Waals surface area contributed by atoms with Gasteiger partial charge in [0.1, 0.15) is 11.9 Å². The number of likely N-dealkylation sites (tertiary alicyclic amines) is 1. The molecule has 1 N–H and O–H groups in total. The first kappa shape index (κ1) is 16.2. The number of hydrogen-bond acceptors (Lipinski definition) is 5. The van der Waals surface area contributed by atoms with E-state index in [4.69, 9.17) is 10.00 Å². The first-order valence-electron chi connectivity index (χ1n) is 7.55. The predicted molar refractivity (Wildman–Crippen MR) is 83.4 cm³/mol. The van der Waals surface area contributed by atoms with Crippen molar-refractivity contribution in [3.63, 3.8) is 0 Å². The molecule has 2 rings (SSSR count). The van der Waals surface area contributed by atoms with E-state index in [1.54, 1.807) is 13.2 Å². The lowest BCUT2D eigenvalue weighted by atomic mass is 10.0. The minimum Gasteiger partial charge on any atom is -0.384 e. The van der Waals surface area contributed by atoms with Crippen molar-refractivity contribution in [2.75, 3.05) is 32.1 Å². The monoisotopic (exact) mass is 302 g/mol. The van der Waals surface area contributed by atoms with Gasteiger partial charge < -0.3 is 15.0 Å². The van der Waals surface area contributed by atoms with E-state index in [2.05, 4.69) is 16.4 Å². The number of amides is 1. The SMILES string of the molecule is COCCC(=O)N1CCC(Nc2nc(C)ccc2C#N)CC1. The highest BCUT2D eigenvalue weighted by Gasteiger charge is 2.23. The molecule has 0 atom stereocenters. The number of aryl methyl sites for hydroxylation is 1. The Hall–Kier alpha value is -2.13. The minimum atomic E-state index is 0.145. The fraction of sp³-hybridized carbons (Fsp3) is 0.562. The molecule has 1 aromatic heterocycles. The Labute approximate surface area is 131 Å². The molecule has 0 saturated carbocycles. The summed E-state index contributed by atoms with van der Waals surface area (Å²) >= 11 is 0. The molecule has 1 aliphatic rings. The summed E-state index contributed by atoms with van der Waals surface area (Å²) in [4.78, 5) is 18.2. The van der Waals surface area contributed by atoms with Crippen LogP contribution >= 0.6 is 0 Å². The molecule has 1 saturated heterocycles. The topological polar surface area (TPSA) is 78.2 Å². The molecule has 1 aliphatic heterocycles. The zero-order valence-corrected chi connectivity index (χ0v) is 13.1. The number of nitriles is 1. The lowest BCUT2D eigenvalue weighted by Crippen LogP contribution is -2.42. The van der Waals surface area contributed by atoms with Gasteiger partial charge in [0.15, 0.2) is 0 Å². The Morgan fingerprint density at radius 3 is 2.86 bits per heavy atom. The molecule has 22 heavy (non-hydrogen) atoms. The molecule has 0 radical (unpaired) electrons. The molecule has 2 heterocycles. The number of ether oxygens (including phenoxy) is 1. The molecular weight excluding hydrogens is 280 g/mol. The van der Waals surface area contributed by atoms with E-state index in [1.165, 1.54) is 0 Å². The molecule has 1 amide bonds. The highest BCUT2D eigenvalue weighted by Crippen LogP contribution is 2.19. The van der Waals surface area contributed by atoms with Crippen LogP contribution < -0.4 is 5.32 Å². The van der Waals surface area contributed by atoms with Crippen molar-refractivity contribution in [1.29, 1.82) is 5.26 Å². The summed E-state index contributed by atoms with van der Waals surface area (Å²) in [6.45, 7) is 3.83. The number of rotatable bonds is 5. The van der Waals surface area contributed by atoms with Gasteiger partial charge in [0.2, 0.25) is 5.91 Å². The molecule has 118 valence electrons. The van der Waals surface area contributed by atoms with Gasteiger partial charge in [-0.05, 0) is 31.9 Å². The summed E-state index contributed by atoms with van der Waals surface area (Å²) in [6.07, 6.45) is 2.16. The van der Waals surface area contributed by atoms with Crippen LogP contribution in [0.2, 0.25) is 0 Å². The van der Waals surface area contributed by atoms with Gasteiger partial charge in [-0.1, -0.05) is 0 Å². The van der Waals surface area contributed by atoms with Crippen molar-refractivity contribution in [3.8, 4) is 6.07 Å². The second kappa shape index (κ2) is 7.76. The summed E-state index contributed by atoms with van der Waals surface area (Å²) in [6, 6.07) is 6.02. The molecule has 0 spiro atoms. The number of aromatic nitrogens is 1. The number of hydrogen-bond donors (Lipinski definition) is 1. The van der Waals surface area contributed by atoms with Crippen molar-refractivity contribution in [3.05, 3.63) is 23.4 Å². The van der Waals surface area contributed by atoms with E-state index in [0.29, 0.717) is 24.4 Å². The van der Waals surface area contributed by atoms with Crippen LogP contribution in [0.25, 0.3) is 0 Å². The van der Waals surface area contributed by atoms with Crippen molar-refractivity contribution in [2.24, 2.45) is 0 Å². The molecule has 0 aromatic carbocycles. The Kier molecular flexibility index (Phi) is 5.73. The third-order valence-corrected chi connectivity index (χ3v) is 3.86. The first-order valence-corrected chi connectivity index (χ1v) is 7.55. The molecule has 6 heteroatoms. The Morgan fingerprint density at radius 2 is 2.23 bits per heavy atom. The van der Waals surface area contributed by atoms with Crippen molar-refractivity contribution in [1.82, 2.24) is 9.88 Å². The number of pyridine rings is 1. The third kappa shape index (κ3) is 4.18. The van der Waals surface area contributed by atoms with Crippen molar-refractivity contribution < 1.29 is 9.53 Å². The summed E-state index contributed by atoms with van der Waals surface area (Å²) in [5.41, 5.74) is 1.44. The number of carbonyl (C=O) groups excluding carboxylic acids is 1. The largest absolute Gasteiger partial charge is 0.384 e. The average Bonchev–Trinajstić information content (AvgIpc) is 2.53. The number of nitrogens with one attached hydrogen (secondary N) is 1. The second-order valence-corrected chi connectivity index (χ2v) is 5.50. The molecule has 1 aromatic rings. The van der Waals surface area contributed by atoms with E-state index in [9.17, 15) is 4.79 Å². The lowest BCUT2D eigenvalue weighted by molar-refractivity contribution is -0.133. The number of anilines is 1. The van der Waals surface area contributed by atoms with Crippen LogP contribution in [0.1, 0.15) is 30.5 Å². The highest BCUT2D eigenvalue weighted by molar-refractivity contribution is 5.76. The fourth-order valence-electron chi connectivity index (χ4n) is 2.57. The van der Waals surface area contributed by atoms with Gasteiger partial charge in [-0.25, -0.2) is 4.98 Å².